The summed E-state index contributed by atoms with van der Waals surface area (Å²) in [5.74, 6) is -1.17. The van der Waals surface area contributed by atoms with Gasteiger partial charge in [-0.3, -0.25) is 0 Å². The quantitative estimate of drug-likeness (QED) is 0.351. The van der Waals surface area contributed by atoms with Crippen LogP contribution in [-0.2, 0) is 6.54 Å². The predicted molar refractivity (Wildman–Crippen MR) is 77.6 cm³/mol. The lowest BCUT2D eigenvalue weighted by molar-refractivity contribution is 0.318. The van der Waals surface area contributed by atoms with Crippen LogP contribution in [0.25, 0.3) is 0 Å². The number of hydrogen-bond acceptors (Lipinski definition) is 3. The van der Waals surface area contributed by atoms with Crippen LogP contribution in [0.1, 0.15) is 11.1 Å². The van der Waals surface area contributed by atoms with Crippen molar-refractivity contribution in [3.8, 4) is 0 Å². The second-order valence-corrected chi connectivity index (χ2v) is 4.74. The minimum Gasteiger partial charge on any atom is -0.409 e. The molecule has 0 amide bonds. The molecule has 4 N–H and O–H groups in total. The molecule has 0 spiro atoms. The molecule has 0 atom stereocenters. The third-order valence-electron chi connectivity index (χ3n) is 2.80. The van der Waals surface area contributed by atoms with Crippen LogP contribution in [0.2, 0.25) is 5.02 Å². The molecule has 0 unspecified atom stereocenters. The molecule has 2 rings (SSSR count). The number of oxime groups is 1. The Morgan fingerprint density at radius 3 is 2.62 bits per heavy atom. The maximum absolute atomic E-state index is 13.9. The molecule has 0 heterocycles. The predicted octanol–water partition coefficient (Wildman–Crippen LogP) is 3.32. The van der Waals surface area contributed by atoms with Gasteiger partial charge in [-0.15, -0.1) is 0 Å². The zero-order valence-corrected chi connectivity index (χ0v) is 11.5. The molecule has 7 heteroatoms. The molecule has 110 valence electrons. The largest absolute Gasteiger partial charge is 0.409 e. The summed E-state index contributed by atoms with van der Waals surface area (Å²) in [5, 5.41) is 14.5. The van der Waals surface area contributed by atoms with Gasteiger partial charge in [-0.2, -0.15) is 0 Å². The second-order valence-electron chi connectivity index (χ2n) is 4.30. The second kappa shape index (κ2) is 6.41. The lowest BCUT2D eigenvalue weighted by atomic mass is 10.1. The van der Waals surface area contributed by atoms with Crippen molar-refractivity contribution in [3.63, 3.8) is 0 Å². The van der Waals surface area contributed by atoms with Gasteiger partial charge in [-0.25, -0.2) is 8.78 Å². The van der Waals surface area contributed by atoms with E-state index in [2.05, 4.69) is 10.5 Å². The van der Waals surface area contributed by atoms with Crippen LogP contribution in [0.5, 0.6) is 0 Å². The van der Waals surface area contributed by atoms with E-state index in [4.69, 9.17) is 22.5 Å². The van der Waals surface area contributed by atoms with Crippen molar-refractivity contribution >= 4 is 23.1 Å². The Balaban J connectivity index is 2.13. The Morgan fingerprint density at radius 1 is 1.24 bits per heavy atom. The molecule has 0 bridgehead atoms. The monoisotopic (exact) mass is 311 g/mol. The molecule has 0 aliphatic heterocycles. The van der Waals surface area contributed by atoms with Gasteiger partial charge in [0.2, 0.25) is 0 Å². The average Bonchev–Trinajstić information content (AvgIpc) is 2.44. The maximum atomic E-state index is 13.9. The molecule has 0 saturated heterocycles. The molecule has 0 radical (unpaired) electrons. The fourth-order valence-corrected chi connectivity index (χ4v) is 1.98. The first-order valence-corrected chi connectivity index (χ1v) is 6.33. The van der Waals surface area contributed by atoms with Crippen molar-refractivity contribution in [2.24, 2.45) is 10.9 Å². The number of nitrogens with zero attached hydrogens (tertiary/aromatic N) is 1. The number of nitrogens with one attached hydrogen (secondary N) is 1. The van der Waals surface area contributed by atoms with Gasteiger partial charge in [0.05, 0.1) is 0 Å². The molecule has 0 saturated carbocycles. The molecular formula is C14H12ClF2N3O. The van der Waals surface area contributed by atoms with E-state index in [-0.39, 0.29) is 23.0 Å². The Labute approximate surface area is 124 Å². The summed E-state index contributed by atoms with van der Waals surface area (Å²) >= 11 is 5.73. The van der Waals surface area contributed by atoms with Crippen molar-refractivity contribution in [2.45, 2.75) is 6.54 Å². The third-order valence-corrected chi connectivity index (χ3v) is 3.02. The molecule has 0 aromatic heterocycles. The first-order chi connectivity index (χ1) is 9.99. The topological polar surface area (TPSA) is 70.6 Å². The van der Waals surface area contributed by atoms with Crippen LogP contribution < -0.4 is 11.1 Å². The maximum Gasteiger partial charge on any atom is 0.170 e. The van der Waals surface area contributed by atoms with Crippen LogP contribution >= 0.6 is 11.6 Å². The Morgan fingerprint density at radius 2 is 2.00 bits per heavy atom. The summed E-state index contributed by atoms with van der Waals surface area (Å²) in [5.41, 5.74) is 6.44. The van der Waals surface area contributed by atoms with E-state index in [1.54, 1.807) is 0 Å². The lowest BCUT2D eigenvalue weighted by Crippen LogP contribution is -2.14. The third kappa shape index (κ3) is 3.82. The van der Waals surface area contributed by atoms with Gasteiger partial charge in [0.1, 0.15) is 11.6 Å². The SMILES string of the molecule is N/C(=N/O)c1ccc(CNc2cc(F)cc(Cl)c2)c(F)c1. The average molecular weight is 312 g/mol. The highest BCUT2D eigenvalue weighted by Gasteiger charge is 2.07. The van der Waals surface area contributed by atoms with Crippen LogP contribution in [-0.4, -0.2) is 11.0 Å². The number of halogens is 3. The number of hydrogen-bond donors (Lipinski definition) is 3. The highest BCUT2D eigenvalue weighted by atomic mass is 35.5. The summed E-state index contributed by atoms with van der Waals surface area (Å²) in [7, 11) is 0. The minimum absolute atomic E-state index is 0.141. The highest BCUT2D eigenvalue weighted by molar-refractivity contribution is 6.30. The molecule has 2 aromatic carbocycles. The van der Waals surface area contributed by atoms with Crippen LogP contribution in [0, 0.1) is 11.6 Å². The van der Waals surface area contributed by atoms with Gasteiger partial charge in [0, 0.05) is 28.4 Å². The molecule has 4 nitrogen and oxygen atoms in total. The van der Waals surface area contributed by atoms with Crippen LogP contribution in [0.15, 0.2) is 41.6 Å². The van der Waals surface area contributed by atoms with Gasteiger partial charge in [-0.05, 0) is 24.3 Å². The summed E-state index contributed by atoms with van der Waals surface area (Å²) < 4.78 is 27.0. The van der Waals surface area contributed by atoms with Crippen molar-refractivity contribution < 1.29 is 14.0 Å². The van der Waals surface area contributed by atoms with Gasteiger partial charge in [0.25, 0.3) is 0 Å². The zero-order valence-electron chi connectivity index (χ0n) is 10.8. The van der Waals surface area contributed by atoms with Gasteiger partial charge < -0.3 is 16.3 Å². The summed E-state index contributed by atoms with van der Waals surface area (Å²) in [4.78, 5) is 0. The van der Waals surface area contributed by atoms with Crippen molar-refractivity contribution in [3.05, 3.63) is 64.2 Å². The number of nitrogens with two attached hydrogens (primary N) is 1. The van der Waals surface area contributed by atoms with Crippen LogP contribution in [0.4, 0.5) is 14.5 Å². The molecule has 2 aromatic rings. The normalized spacial score (nSPS) is 11.5. The minimum atomic E-state index is -0.519. The van der Waals surface area contributed by atoms with E-state index < -0.39 is 11.6 Å². The van der Waals surface area contributed by atoms with Gasteiger partial charge in [0.15, 0.2) is 5.84 Å². The van der Waals surface area contributed by atoms with Crippen molar-refractivity contribution in [2.75, 3.05) is 5.32 Å². The molecular weight excluding hydrogens is 300 g/mol. The standard InChI is InChI=1S/C14H12ClF2N3O/c15-10-4-11(16)6-12(5-10)19-7-9-2-1-8(3-13(9)17)14(18)20-21/h1-6,19,21H,7H2,(H2,18,20). The number of anilines is 1. The Bertz CT molecular complexity index is 672. The first-order valence-electron chi connectivity index (χ1n) is 5.96. The summed E-state index contributed by atoms with van der Waals surface area (Å²) in [6, 6.07) is 8.15. The Hall–Kier alpha value is -2.34. The van der Waals surface area contributed by atoms with Gasteiger partial charge in [-0.1, -0.05) is 28.9 Å². The summed E-state index contributed by atoms with van der Waals surface area (Å²) in [6.07, 6.45) is 0. The van der Waals surface area contributed by atoms with Crippen molar-refractivity contribution in [1.29, 1.82) is 0 Å². The number of amidine groups is 1. The fraction of sp³-hybridized carbons (Fsp3) is 0.0714. The van der Waals surface area contributed by atoms with Crippen LogP contribution in [0.3, 0.4) is 0 Å². The summed E-state index contributed by atoms with van der Waals surface area (Å²) in [6.45, 7) is 0.141. The van der Waals surface area contributed by atoms with E-state index >= 15 is 0 Å². The zero-order chi connectivity index (χ0) is 15.4. The molecule has 0 aliphatic carbocycles. The first kappa shape index (κ1) is 15.1. The van der Waals surface area contributed by atoms with Crippen molar-refractivity contribution in [1.82, 2.24) is 0 Å². The Kier molecular flexibility index (Phi) is 4.59. The lowest BCUT2D eigenvalue weighted by Gasteiger charge is -2.09. The number of benzene rings is 2. The van der Waals surface area contributed by atoms with E-state index in [0.29, 0.717) is 11.3 Å². The van der Waals surface area contributed by atoms with Gasteiger partial charge >= 0.3 is 0 Å². The highest BCUT2D eigenvalue weighted by Crippen LogP contribution is 2.19. The number of rotatable bonds is 4. The molecule has 0 aliphatic rings. The fourth-order valence-electron chi connectivity index (χ4n) is 1.76. The van der Waals surface area contributed by atoms with E-state index in [9.17, 15) is 8.78 Å². The molecule has 21 heavy (non-hydrogen) atoms. The molecule has 0 fully saturated rings. The smallest absolute Gasteiger partial charge is 0.170 e. The van der Waals surface area contributed by atoms with E-state index in [1.165, 1.54) is 30.3 Å². The van der Waals surface area contributed by atoms with E-state index in [0.717, 1.165) is 6.07 Å². The van der Waals surface area contributed by atoms with E-state index in [1.807, 2.05) is 0 Å².